The molecule has 0 spiro atoms. The van der Waals surface area contributed by atoms with Crippen molar-refractivity contribution in [2.24, 2.45) is 5.73 Å². The second-order valence-corrected chi connectivity index (χ2v) is 6.71. The zero-order valence-corrected chi connectivity index (χ0v) is 17.1. The summed E-state index contributed by atoms with van der Waals surface area (Å²) in [6.07, 6.45) is 0.908. The Morgan fingerprint density at radius 2 is 1.73 bits per heavy atom. The first-order valence-electron chi connectivity index (χ1n) is 9.78. The molecule has 0 aliphatic carbocycles. The van der Waals surface area contributed by atoms with Crippen molar-refractivity contribution >= 4 is 23.9 Å². The molecule has 1 rings (SSSR count). The maximum atomic E-state index is 12.4. The van der Waals surface area contributed by atoms with Crippen LogP contribution in [0.25, 0.3) is 0 Å². The zero-order valence-electron chi connectivity index (χ0n) is 17.1. The third-order valence-electron chi connectivity index (χ3n) is 4.17. The summed E-state index contributed by atoms with van der Waals surface area (Å²) in [5.41, 5.74) is 6.26. The van der Waals surface area contributed by atoms with E-state index in [1.165, 1.54) is 6.92 Å². The molecule has 0 bridgehead atoms. The molecule has 166 valence electrons. The number of amides is 3. The molecule has 0 aromatic heterocycles. The monoisotopic (exact) mass is 422 g/mol. The lowest BCUT2D eigenvalue weighted by Gasteiger charge is -2.21. The lowest BCUT2D eigenvalue weighted by Crippen LogP contribution is -2.52. The number of nitrogens with one attached hydrogen (secondary N) is 3. The number of carbonyl (C=O) groups excluding carboxylic acids is 3. The van der Waals surface area contributed by atoms with E-state index in [2.05, 4.69) is 16.0 Å². The Kier molecular flexibility index (Phi) is 11.6. The molecule has 0 unspecified atom stereocenters. The minimum absolute atomic E-state index is 0.0111. The molecular formula is C20H30N4O6. The summed E-state index contributed by atoms with van der Waals surface area (Å²) in [5.74, 6) is -2.23. The van der Waals surface area contributed by atoms with Crippen molar-refractivity contribution in [3.05, 3.63) is 35.9 Å². The number of aliphatic carboxylic acids is 1. The third-order valence-corrected chi connectivity index (χ3v) is 4.17. The number of nitrogens with two attached hydrogens (primary N) is 1. The highest BCUT2D eigenvalue weighted by molar-refractivity contribution is 5.89. The molecule has 1 aromatic carbocycles. The van der Waals surface area contributed by atoms with E-state index in [9.17, 15) is 24.3 Å². The molecule has 10 nitrogen and oxygen atoms in total. The van der Waals surface area contributed by atoms with Gasteiger partial charge in [0.05, 0.1) is 0 Å². The van der Waals surface area contributed by atoms with Gasteiger partial charge >= 0.3 is 12.1 Å². The minimum Gasteiger partial charge on any atom is -0.480 e. The lowest BCUT2D eigenvalue weighted by molar-refractivity contribution is -0.142. The molecule has 30 heavy (non-hydrogen) atoms. The summed E-state index contributed by atoms with van der Waals surface area (Å²) in [4.78, 5) is 46.9. The number of carboxylic acids is 1. The fraction of sp³-hybridized carbons (Fsp3) is 0.500. The van der Waals surface area contributed by atoms with Gasteiger partial charge in [0.2, 0.25) is 11.8 Å². The molecule has 0 saturated heterocycles. The van der Waals surface area contributed by atoms with Gasteiger partial charge in [0.15, 0.2) is 0 Å². The van der Waals surface area contributed by atoms with E-state index in [1.807, 2.05) is 30.3 Å². The number of hydrogen-bond donors (Lipinski definition) is 5. The normalized spacial score (nSPS) is 12.3. The van der Waals surface area contributed by atoms with Gasteiger partial charge in [-0.1, -0.05) is 30.3 Å². The van der Waals surface area contributed by atoms with E-state index in [0.717, 1.165) is 5.56 Å². The van der Waals surface area contributed by atoms with Crippen LogP contribution < -0.4 is 21.7 Å². The van der Waals surface area contributed by atoms with Crippen molar-refractivity contribution in [2.45, 2.75) is 51.3 Å². The molecule has 0 fully saturated rings. The molecule has 10 heteroatoms. The van der Waals surface area contributed by atoms with Crippen LogP contribution in [-0.4, -0.2) is 54.2 Å². The van der Waals surface area contributed by atoms with E-state index < -0.39 is 36.0 Å². The zero-order chi connectivity index (χ0) is 22.4. The number of alkyl carbamates (subject to hydrolysis) is 1. The Morgan fingerprint density at radius 1 is 1.03 bits per heavy atom. The third kappa shape index (κ3) is 10.4. The highest BCUT2D eigenvalue weighted by Gasteiger charge is 2.25. The van der Waals surface area contributed by atoms with Crippen LogP contribution in [-0.2, 0) is 25.7 Å². The Morgan fingerprint density at radius 3 is 2.33 bits per heavy atom. The summed E-state index contributed by atoms with van der Waals surface area (Å²) in [6, 6.07) is 7.03. The van der Waals surface area contributed by atoms with Gasteiger partial charge in [0, 0.05) is 13.5 Å². The summed E-state index contributed by atoms with van der Waals surface area (Å²) in [7, 11) is 0. The van der Waals surface area contributed by atoms with Crippen molar-refractivity contribution in [1.82, 2.24) is 16.0 Å². The maximum Gasteiger partial charge on any atom is 0.407 e. The number of carbonyl (C=O) groups is 4. The van der Waals surface area contributed by atoms with Gasteiger partial charge in [-0.25, -0.2) is 9.59 Å². The second kappa shape index (κ2) is 13.9. The van der Waals surface area contributed by atoms with Gasteiger partial charge in [0.25, 0.3) is 0 Å². The van der Waals surface area contributed by atoms with Crippen molar-refractivity contribution in [1.29, 1.82) is 0 Å². The number of hydrogen-bond acceptors (Lipinski definition) is 6. The van der Waals surface area contributed by atoms with E-state index in [0.29, 0.717) is 25.8 Å². The van der Waals surface area contributed by atoms with Crippen LogP contribution in [0.4, 0.5) is 4.79 Å². The first kappa shape index (κ1) is 24.9. The maximum absolute atomic E-state index is 12.4. The number of rotatable bonds is 13. The minimum atomic E-state index is -1.24. The Bertz CT molecular complexity index is 698. The first-order chi connectivity index (χ1) is 14.3. The molecule has 6 N–H and O–H groups in total. The van der Waals surface area contributed by atoms with Crippen LogP contribution in [0.3, 0.4) is 0 Å². The molecule has 0 aliphatic rings. The van der Waals surface area contributed by atoms with E-state index in [4.69, 9.17) is 10.5 Å². The Hall–Kier alpha value is -3.14. The molecule has 1 aromatic rings. The second-order valence-electron chi connectivity index (χ2n) is 6.71. The van der Waals surface area contributed by atoms with Crippen LogP contribution in [0, 0.1) is 0 Å². The fourth-order valence-electron chi connectivity index (χ4n) is 2.63. The lowest BCUT2D eigenvalue weighted by atomic mass is 10.1. The fourth-order valence-corrected chi connectivity index (χ4v) is 2.63. The van der Waals surface area contributed by atoms with Gasteiger partial charge in [-0.05, 0) is 37.8 Å². The summed E-state index contributed by atoms with van der Waals surface area (Å²) in [5, 5.41) is 16.7. The topological polar surface area (TPSA) is 160 Å². The average Bonchev–Trinajstić information content (AvgIpc) is 2.71. The average molecular weight is 422 g/mol. The molecular weight excluding hydrogens is 392 g/mol. The summed E-state index contributed by atoms with van der Waals surface area (Å²) >= 11 is 0. The molecule has 0 radical (unpaired) electrons. The van der Waals surface area contributed by atoms with Gasteiger partial charge < -0.3 is 31.5 Å². The highest BCUT2D eigenvalue weighted by Crippen LogP contribution is 2.03. The molecule has 3 amide bonds. The number of carboxylic acid groups (broad SMARTS) is 1. The van der Waals surface area contributed by atoms with Gasteiger partial charge in [0.1, 0.15) is 18.7 Å². The van der Waals surface area contributed by atoms with Gasteiger partial charge in [-0.3, -0.25) is 9.59 Å². The standard InChI is InChI=1S/C20H30N4O6/c1-14(25)23-16(9-5-6-11-21)18(26)24-17(19(27)28)10-12-22-20(29)30-13-15-7-3-2-4-8-15/h2-4,7-8,16-17H,5-6,9-13,21H2,1H3,(H,22,29)(H,23,25)(H,24,26)(H,27,28)/t16-,17-/m0/s1. The van der Waals surface area contributed by atoms with Crippen molar-refractivity contribution in [3.63, 3.8) is 0 Å². The van der Waals surface area contributed by atoms with Crippen LogP contribution in [0.1, 0.15) is 38.2 Å². The summed E-state index contributed by atoms with van der Waals surface area (Å²) < 4.78 is 5.05. The van der Waals surface area contributed by atoms with Gasteiger partial charge in [-0.2, -0.15) is 0 Å². The predicted octanol–water partition coefficient (Wildman–Crippen LogP) is 0.506. The Balaban J connectivity index is 2.47. The SMILES string of the molecule is CC(=O)N[C@@H](CCCCN)C(=O)N[C@@H](CCNC(=O)OCc1ccccc1)C(=O)O. The molecule has 0 aliphatic heterocycles. The number of unbranched alkanes of at least 4 members (excludes halogenated alkanes) is 1. The Labute approximate surface area is 175 Å². The van der Waals surface area contributed by atoms with Crippen LogP contribution >= 0.6 is 0 Å². The van der Waals surface area contributed by atoms with E-state index in [1.54, 1.807) is 0 Å². The van der Waals surface area contributed by atoms with Crippen molar-refractivity contribution in [3.8, 4) is 0 Å². The number of ether oxygens (including phenoxy) is 1. The molecule has 0 saturated carbocycles. The molecule has 0 heterocycles. The summed E-state index contributed by atoms with van der Waals surface area (Å²) in [6.45, 7) is 1.82. The first-order valence-corrected chi connectivity index (χ1v) is 9.78. The quantitative estimate of drug-likeness (QED) is 0.289. The van der Waals surface area contributed by atoms with Crippen molar-refractivity contribution < 1.29 is 29.0 Å². The van der Waals surface area contributed by atoms with Crippen LogP contribution in [0.15, 0.2) is 30.3 Å². The number of benzene rings is 1. The van der Waals surface area contributed by atoms with Crippen LogP contribution in [0.5, 0.6) is 0 Å². The largest absolute Gasteiger partial charge is 0.480 e. The molecule has 2 atom stereocenters. The van der Waals surface area contributed by atoms with Crippen LogP contribution in [0.2, 0.25) is 0 Å². The highest BCUT2D eigenvalue weighted by atomic mass is 16.5. The van der Waals surface area contributed by atoms with Gasteiger partial charge in [-0.15, -0.1) is 0 Å². The predicted molar refractivity (Wildman–Crippen MR) is 109 cm³/mol. The van der Waals surface area contributed by atoms with E-state index in [-0.39, 0.29) is 19.6 Å². The van der Waals surface area contributed by atoms with E-state index >= 15 is 0 Å². The van der Waals surface area contributed by atoms with Crippen molar-refractivity contribution in [2.75, 3.05) is 13.1 Å². The smallest absolute Gasteiger partial charge is 0.407 e.